The van der Waals surface area contributed by atoms with E-state index in [9.17, 15) is 13.2 Å². The minimum absolute atomic E-state index is 0.00546. The highest BCUT2D eigenvalue weighted by Gasteiger charge is 2.28. The van der Waals surface area contributed by atoms with E-state index in [0.29, 0.717) is 11.4 Å². The zero-order valence-electron chi connectivity index (χ0n) is 22.9. The van der Waals surface area contributed by atoms with Crippen LogP contribution in [0.4, 0.5) is 11.4 Å². The van der Waals surface area contributed by atoms with Crippen molar-refractivity contribution in [3.05, 3.63) is 77.4 Å². The van der Waals surface area contributed by atoms with Crippen LogP contribution in [0.2, 0.25) is 0 Å². The molecular weight excluding hydrogens is 502 g/mol. The first kappa shape index (κ1) is 28.8. The summed E-state index contributed by atoms with van der Waals surface area (Å²) in [4.78, 5) is 15.3. The molecule has 3 aromatic rings. The average molecular weight is 540 g/mol. The Hall–Kier alpha value is -3.72. The third-order valence-electron chi connectivity index (χ3n) is 6.28. The lowest BCUT2D eigenvalue weighted by atomic mass is 10.1. The van der Waals surface area contributed by atoms with Gasteiger partial charge in [0, 0.05) is 31.4 Å². The van der Waals surface area contributed by atoms with Crippen LogP contribution < -0.4 is 24.0 Å². The van der Waals surface area contributed by atoms with Crippen molar-refractivity contribution in [2.45, 2.75) is 39.1 Å². The Morgan fingerprint density at radius 2 is 1.42 bits per heavy atom. The van der Waals surface area contributed by atoms with Gasteiger partial charge in [-0.1, -0.05) is 18.2 Å². The summed E-state index contributed by atoms with van der Waals surface area (Å²) in [6.45, 7) is 9.72. The van der Waals surface area contributed by atoms with E-state index in [2.05, 4.69) is 24.1 Å². The van der Waals surface area contributed by atoms with E-state index in [1.165, 1.54) is 32.4 Å². The monoisotopic (exact) mass is 539 g/mol. The number of aryl methyl sites for hydroxylation is 2. The average Bonchev–Trinajstić information content (AvgIpc) is 2.90. The number of methoxy groups -OCH3 is 2. The Morgan fingerprint density at radius 1 is 0.816 bits per heavy atom. The van der Waals surface area contributed by atoms with Crippen molar-refractivity contribution in [1.82, 2.24) is 5.32 Å². The molecule has 0 aromatic heterocycles. The number of hydrogen-bond acceptors (Lipinski definition) is 6. The highest BCUT2D eigenvalue weighted by Crippen LogP contribution is 2.32. The number of rotatable bonds is 12. The van der Waals surface area contributed by atoms with E-state index in [0.717, 1.165) is 39.8 Å². The van der Waals surface area contributed by atoms with E-state index in [-0.39, 0.29) is 23.7 Å². The molecule has 0 aliphatic rings. The number of sulfonamides is 1. The van der Waals surface area contributed by atoms with Gasteiger partial charge in [-0.05, 0) is 80.8 Å². The van der Waals surface area contributed by atoms with Gasteiger partial charge in [0.1, 0.15) is 6.54 Å². The van der Waals surface area contributed by atoms with Crippen LogP contribution in [-0.2, 0) is 21.4 Å². The van der Waals surface area contributed by atoms with Crippen molar-refractivity contribution in [2.75, 3.05) is 43.1 Å². The van der Waals surface area contributed by atoms with Crippen LogP contribution in [0.1, 0.15) is 30.5 Å². The van der Waals surface area contributed by atoms with Gasteiger partial charge in [0.25, 0.3) is 10.0 Å². The Balaban J connectivity index is 1.87. The van der Waals surface area contributed by atoms with E-state index >= 15 is 0 Å². The lowest BCUT2D eigenvalue weighted by Crippen LogP contribution is -2.40. The van der Waals surface area contributed by atoms with Gasteiger partial charge >= 0.3 is 0 Å². The van der Waals surface area contributed by atoms with Crippen LogP contribution in [-0.4, -0.2) is 48.2 Å². The standard InChI is InChI=1S/C29H37N3O5S/c1-7-31(8-2)24-11-9-23(10-12-24)19-30-29(33)20-32(25-16-21(3)15-22(4)17-25)38(34,35)26-13-14-27(36-5)28(18-26)37-6/h9-18H,7-8,19-20H2,1-6H3,(H,30,33). The molecule has 38 heavy (non-hydrogen) atoms. The molecule has 204 valence electrons. The summed E-state index contributed by atoms with van der Waals surface area (Å²) < 4.78 is 39.4. The largest absolute Gasteiger partial charge is 0.493 e. The summed E-state index contributed by atoms with van der Waals surface area (Å²) >= 11 is 0. The van der Waals surface area contributed by atoms with Crippen molar-refractivity contribution in [3.63, 3.8) is 0 Å². The van der Waals surface area contributed by atoms with Crippen molar-refractivity contribution in [1.29, 1.82) is 0 Å². The van der Waals surface area contributed by atoms with Crippen LogP contribution in [0, 0.1) is 13.8 Å². The van der Waals surface area contributed by atoms with Crippen molar-refractivity contribution >= 4 is 27.3 Å². The number of hydrogen-bond donors (Lipinski definition) is 1. The Labute approximate surface area is 226 Å². The van der Waals surface area contributed by atoms with Gasteiger partial charge in [-0.2, -0.15) is 0 Å². The smallest absolute Gasteiger partial charge is 0.264 e. The van der Waals surface area contributed by atoms with Crippen molar-refractivity contribution in [2.24, 2.45) is 0 Å². The molecule has 3 aromatic carbocycles. The molecule has 0 saturated heterocycles. The first-order chi connectivity index (χ1) is 18.1. The second kappa shape index (κ2) is 12.7. The molecule has 0 heterocycles. The summed E-state index contributed by atoms with van der Waals surface area (Å²) in [7, 11) is -1.19. The zero-order valence-corrected chi connectivity index (χ0v) is 23.8. The quantitative estimate of drug-likeness (QED) is 0.360. The lowest BCUT2D eigenvalue weighted by Gasteiger charge is -2.25. The Bertz CT molecular complexity index is 1330. The van der Waals surface area contributed by atoms with Crippen LogP contribution >= 0.6 is 0 Å². The van der Waals surface area contributed by atoms with Crippen LogP contribution in [0.5, 0.6) is 11.5 Å². The second-order valence-electron chi connectivity index (χ2n) is 8.99. The van der Waals surface area contributed by atoms with Gasteiger partial charge in [0.15, 0.2) is 11.5 Å². The van der Waals surface area contributed by atoms with Crippen LogP contribution in [0.15, 0.2) is 65.6 Å². The molecule has 0 spiro atoms. The predicted octanol–water partition coefficient (Wildman–Crippen LogP) is 4.68. The van der Waals surface area contributed by atoms with E-state index in [1.54, 1.807) is 12.1 Å². The number of benzene rings is 3. The zero-order chi connectivity index (χ0) is 27.9. The molecule has 0 unspecified atom stereocenters. The number of nitrogens with one attached hydrogen (secondary N) is 1. The number of amides is 1. The lowest BCUT2D eigenvalue weighted by molar-refractivity contribution is -0.119. The summed E-state index contributed by atoms with van der Waals surface area (Å²) in [5, 5.41) is 2.87. The third kappa shape index (κ3) is 6.77. The highest BCUT2D eigenvalue weighted by atomic mass is 32.2. The van der Waals surface area contributed by atoms with Gasteiger partial charge in [0.2, 0.25) is 5.91 Å². The normalized spacial score (nSPS) is 11.1. The molecule has 8 nitrogen and oxygen atoms in total. The summed E-state index contributed by atoms with van der Waals surface area (Å²) in [6, 6.07) is 17.8. The van der Waals surface area contributed by atoms with Gasteiger partial charge in [0.05, 0.1) is 24.8 Å². The molecule has 1 amide bonds. The maximum Gasteiger partial charge on any atom is 0.264 e. The maximum atomic E-state index is 13.8. The number of carbonyl (C=O) groups excluding carboxylic acids is 1. The predicted molar refractivity (Wildman–Crippen MR) is 152 cm³/mol. The number of anilines is 2. The van der Waals surface area contributed by atoms with E-state index in [1.807, 2.05) is 44.2 Å². The SMILES string of the molecule is CCN(CC)c1ccc(CNC(=O)CN(c2cc(C)cc(C)c2)S(=O)(=O)c2ccc(OC)c(OC)c2)cc1. The molecule has 1 N–H and O–H groups in total. The minimum Gasteiger partial charge on any atom is -0.493 e. The molecule has 0 atom stereocenters. The van der Waals surface area contributed by atoms with Gasteiger partial charge in [-0.3, -0.25) is 9.10 Å². The Kier molecular flexibility index (Phi) is 9.63. The number of nitrogens with zero attached hydrogens (tertiary/aromatic N) is 2. The molecule has 0 aliphatic heterocycles. The molecular formula is C29H37N3O5S. The van der Waals surface area contributed by atoms with Gasteiger partial charge in [-0.25, -0.2) is 8.42 Å². The molecule has 0 saturated carbocycles. The van der Waals surface area contributed by atoms with Gasteiger partial charge < -0.3 is 19.7 Å². The minimum atomic E-state index is -4.11. The van der Waals surface area contributed by atoms with Crippen LogP contribution in [0.3, 0.4) is 0 Å². The second-order valence-corrected chi connectivity index (χ2v) is 10.9. The fourth-order valence-electron chi connectivity index (χ4n) is 4.31. The van der Waals surface area contributed by atoms with E-state index in [4.69, 9.17) is 9.47 Å². The van der Waals surface area contributed by atoms with E-state index < -0.39 is 15.9 Å². The summed E-state index contributed by atoms with van der Waals surface area (Å²) in [6.07, 6.45) is 0. The van der Waals surface area contributed by atoms with Crippen molar-refractivity contribution in [3.8, 4) is 11.5 Å². The molecule has 0 aliphatic carbocycles. The molecule has 9 heteroatoms. The molecule has 3 rings (SSSR count). The summed E-state index contributed by atoms with van der Waals surface area (Å²) in [5.74, 6) is 0.279. The summed E-state index contributed by atoms with van der Waals surface area (Å²) in [5.41, 5.74) is 4.24. The van der Waals surface area contributed by atoms with Crippen LogP contribution in [0.25, 0.3) is 0 Å². The fourth-order valence-corrected chi connectivity index (χ4v) is 5.73. The molecule has 0 bridgehead atoms. The molecule has 0 fully saturated rings. The number of ether oxygens (including phenoxy) is 2. The maximum absolute atomic E-state index is 13.8. The third-order valence-corrected chi connectivity index (χ3v) is 8.05. The fraction of sp³-hybridized carbons (Fsp3) is 0.345. The molecule has 0 radical (unpaired) electrons. The number of carbonyl (C=O) groups is 1. The first-order valence-corrected chi connectivity index (χ1v) is 14.0. The first-order valence-electron chi connectivity index (χ1n) is 12.6. The van der Waals surface area contributed by atoms with Crippen molar-refractivity contribution < 1.29 is 22.7 Å². The Morgan fingerprint density at radius 3 is 1.97 bits per heavy atom. The topological polar surface area (TPSA) is 88.2 Å². The van der Waals surface area contributed by atoms with Gasteiger partial charge in [-0.15, -0.1) is 0 Å². The highest BCUT2D eigenvalue weighted by molar-refractivity contribution is 7.92.